The zero-order chi connectivity index (χ0) is 16.9. The minimum Gasteiger partial charge on any atom is -0.401 e. The van der Waals surface area contributed by atoms with E-state index in [0.717, 1.165) is 18.6 Å². The molecule has 1 aromatic rings. The molecule has 3 rings (SSSR count). The van der Waals surface area contributed by atoms with Gasteiger partial charge in [0.15, 0.2) is 11.6 Å². The number of hydrogen-bond donors (Lipinski definition) is 1. The topological polar surface area (TPSA) is 73.1 Å². The highest BCUT2D eigenvalue weighted by Gasteiger charge is 2.42. The van der Waals surface area contributed by atoms with Crippen LogP contribution in [-0.4, -0.2) is 16.6 Å². The van der Waals surface area contributed by atoms with Crippen molar-refractivity contribution >= 4 is 11.6 Å². The van der Waals surface area contributed by atoms with Crippen LogP contribution in [0.3, 0.4) is 0 Å². The van der Waals surface area contributed by atoms with Gasteiger partial charge in [-0.1, -0.05) is 0 Å². The fraction of sp³-hybridized carbons (Fsp3) is 0.438. The molecule has 0 radical (unpaired) electrons. The third-order valence-corrected chi connectivity index (χ3v) is 4.63. The number of rotatable bonds is 2. The van der Waals surface area contributed by atoms with Crippen molar-refractivity contribution in [3.63, 3.8) is 0 Å². The van der Waals surface area contributed by atoms with Gasteiger partial charge in [-0.3, -0.25) is 9.59 Å². The number of Topliss-reactive ketones (excluding diaryl/α,β-unsaturated/α-hetero) is 2. The molecule has 2 aliphatic carbocycles. The Morgan fingerprint density at radius 3 is 2.52 bits per heavy atom. The van der Waals surface area contributed by atoms with Gasteiger partial charge in [-0.25, -0.2) is 4.98 Å². The van der Waals surface area contributed by atoms with Gasteiger partial charge >= 0.3 is 6.18 Å². The maximum atomic E-state index is 12.7. The van der Waals surface area contributed by atoms with Crippen molar-refractivity contribution < 1.29 is 22.8 Å². The maximum Gasteiger partial charge on any atom is 0.433 e. The molecule has 2 bridgehead atoms. The van der Waals surface area contributed by atoms with Crippen LogP contribution in [0.2, 0.25) is 0 Å². The predicted octanol–water partition coefficient (Wildman–Crippen LogP) is 2.80. The summed E-state index contributed by atoms with van der Waals surface area (Å²) in [5.41, 5.74) is 5.05. The van der Waals surface area contributed by atoms with E-state index in [4.69, 9.17) is 5.73 Å². The molecule has 122 valence electrons. The van der Waals surface area contributed by atoms with Crippen LogP contribution in [0.15, 0.2) is 23.4 Å². The molecule has 0 aliphatic heterocycles. The van der Waals surface area contributed by atoms with Gasteiger partial charge in [0.1, 0.15) is 5.69 Å². The number of fused-ring (bicyclic) bond motifs is 2. The Labute approximate surface area is 130 Å². The summed E-state index contributed by atoms with van der Waals surface area (Å²) in [5.74, 6) is -1.10. The lowest BCUT2D eigenvalue weighted by molar-refractivity contribution is -0.141. The largest absolute Gasteiger partial charge is 0.433 e. The Bertz CT molecular complexity index is 737. The molecule has 2 aliphatic rings. The van der Waals surface area contributed by atoms with Crippen LogP contribution in [0.4, 0.5) is 13.2 Å². The van der Waals surface area contributed by atoms with Crippen LogP contribution in [-0.2, 0) is 11.0 Å². The van der Waals surface area contributed by atoms with Crippen LogP contribution >= 0.6 is 0 Å². The molecule has 1 saturated carbocycles. The third kappa shape index (κ3) is 2.54. The molecule has 4 nitrogen and oxygen atoms in total. The monoisotopic (exact) mass is 324 g/mol. The predicted molar refractivity (Wildman–Crippen MR) is 75.4 cm³/mol. The quantitative estimate of drug-likeness (QED) is 0.670. The van der Waals surface area contributed by atoms with E-state index in [0.29, 0.717) is 12.8 Å². The van der Waals surface area contributed by atoms with Gasteiger partial charge in [-0.2, -0.15) is 13.2 Å². The highest BCUT2D eigenvalue weighted by Crippen LogP contribution is 2.42. The zero-order valence-corrected chi connectivity index (χ0v) is 12.4. The van der Waals surface area contributed by atoms with Crippen molar-refractivity contribution in [3.05, 3.63) is 40.4 Å². The second kappa shape index (κ2) is 5.18. The highest BCUT2D eigenvalue weighted by molar-refractivity contribution is 6.28. The molecule has 2 atom stereocenters. The Kier molecular flexibility index (Phi) is 3.54. The first kappa shape index (κ1) is 15.7. The zero-order valence-electron chi connectivity index (χ0n) is 12.4. The number of nitrogens with two attached hydrogens (primary N) is 1. The van der Waals surface area contributed by atoms with Crippen molar-refractivity contribution in [2.24, 2.45) is 17.6 Å². The smallest absolute Gasteiger partial charge is 0.401 e. The Balaban J connectivity index is 2.01. The number of pyridine rings is 1. The molecule has 2 N–H and O–H groups in total. The third-order valence-electron chi connectivity index (χ3n) is 4.63. The number of carbonyl (C=O) groups excluding carboxylic acids is 2. The van der Waals surface area contributed by atoms with E-state index in [-0.39, 0.29) is 40.1 Å². The minimum absolute atomic E-state index is 0.00870. The number of halogens is 3. The second-order valence-corrected chi connectivity index (χ2v) is 6.06. The average Bonchev–Trinajstić information content (AvgIpc) is 2.91. The lowest BCUT2D eigenvalue weighted by Gasteiger charge is -2.22. The summed E-state index contributed by atoms with van der Waals surface area (Å²) in [7, 11) is 0. The van der Waals surface area contributed by atoms with E-state index < -0.39 is 17.7 Å². The molecule has 7 heteroatoms. The second-order valence-electron chi connectivity index (χ2n) is 6.06. The summed E-state index contributed by atoms with van der Waals surface area (Å²) >= 11 is 0. The van der Waals surface area contributed by atoms with E-state index in [1.807, 2.05) is 0 Å². The number of allylic oxidation sites excluding steroid dienone is 2. The number of aryl methyl sites for hydroxylation is 1. The van der Waals surface area contributed by atoms with E-state index in [1.54, 1.807) is 0 Å². The van der Waals surface area contributed by atoms with E-state index in [1.165, 1.54) is 6.92 Å². The van der Waals surface area contributed by atoms with Crippen LogP contribution in [0.25, 0.3) is 0 Å². The van der Waals surface area contributed by atoms with Gasteiger partial charge in [-0.05, 0) is 38.3 Å². The van der Waals surface area contributed by atoms with Crippen LogP contribution in [0, 0.1) is 18.8 Å². The van der Waals surface area contributed by atoms with E-state index in [9.17, 15) is 22.8 Å². The lowest BCUT2D eigenvalue weighted by Crippen LogP contribution is -2.30. The number of alkyl halides is 3. The summed E-state index contributed by atoms with van der Waals surface area (Å²) in [6.45, 7) is 1.32. The Morgan fingerprint density at radius 2 is 1.91 bits per heavy atom. The number of ketones is 2. The molecule has 1 heterocycles. The molecular formula is C16H15F3N2O2. The van der Waals surface area contributed by atoms with Crippen LogP contribution in [0.1, 0.15) is 41.0 Å². The SMILES string of the molecule is Cc1nc(C(F)(F)F)ccc1C(=O)C1=C(N)C2CCC(C2)C1=O. The van der Waals surface area contributed by atoms with Gasteiger partial charge in [-0.15, -0.1) is 0 Å². The van der Waals surface area contributed by atoms with Crippen molar-refractivity contribution in [2.45, 2.75) is 32.4 Å². The number of aromatic nitrogens is 1. The van der Waals surface area contributed by atoms with Gasteiger partial charge in [0.05, 0.1) is 5.57 Å². The molecule has 23 heavy (non-hydrogen) atoms. The van der Waals surface area contributed by atoms with Gasteiger partial charge in [0.2, 0.25) is 0 Å². The summed E-state index contributed by atoms with van der Waals surface area (Å²) in [5, 5.41) is 0. The first-order chi connectivity index (χ1) is 10.7. The number of carbonyl (C=O) groups is 2. The van der Waals surface area contributed by atoms with E-state index >= 15 is 0 Å². The van der Waals surface area contributed by atoms with Crippen molar-refractivity contribution in [1.82, 2.24) is 4.98 Å². The lowest BCUT2D eigenvalue weighted by atomic mass is 9.82. The van der Waals surface area contributed by atoms with Crippen molar-refractivity contribution in [2.75, 3.05) is 0 Å². The summed E-state index contributed by atoms with van der Waals surface area (Å²) in [6.07, 6.45) is -2.45. The first-order valence-corrected chi connectivity index (χ1v) is 7.33. The molecular weight excluding hydrogens is 309 g/mol. The van der Waals surface area contributed by atoms with Crippen LogP contribution in [0.5, 0.6) is 0 Å². The van der Waals surface area contributed by atoms with Crippen LogP contribution < -0.4 is 5.73 Å². The maximum absolute atomic E-state index is 12.7. The van der Waals surface area contributed by atoms with Gasteiger partial charge in [0.25, 0.3) is 0 Å². The van der Waals surface area contributed by atoms with Crippen molar-refractivity contribution in [3.8, 4) is 0 Å². The summed E-state index contributed by atoms with van der Waals surface area (Å²) < 4.78 is 38.0. The fourth-order valence-electron chi connectivity index (χ4n) is 3.39. The first-order valence-electron chi connectivity index (χ1n) is 7.33. The number of hydrogen-bond acceptors (Lipinski definition) is 4. The molecule has 0 spiro atoms. The Morgan fingerprint density at radius 1 is 1.26 bits per heavy atom. The molecule has 1 fully saturated rings. The van der Waals surface area contributed by atoms with E-state index in [2.05, 4.69) is 4.98 Å². The summed E-state index contributed by atoms with van der Waals surface area (Å²) in [4.78, 5) is 28.5. The molecule has 1 aromatic heterocycles. The summed E-state index contributed by atoms with van der Waals surface area (Å²) in [6, 6.07) is 1.82. The number of nitrogens with zero attached hydrogens (tertiary/aromatic N) is 1. The molecule has 2 unspecified atom stereocenters. The minimum atomic E-state index is -4.58. The van der Waals surface area contributed by atoms with Gasteiger partial charge < -0.3 is 5.73 Å². The van der Waals surface area contributed by atoms with Crippen molar-refractivity contribution in [1.29, 1.82) is 0 Å². The fourth-order valence-corrected chi connectivity index (χ4v) is 3.39. The standard InChI is InChI=1S/C16H15F3N2O2/c1-7-10(4-5-11(21-7)16(17,18)19)15(23)12-13(20)8-2-3-9(6-8)14(12)22/h4-5,8-9H,2-3,6,20H2,1H3. The van der Waals surface area contributed by atoms with Gasteiger partial charge in [0, 0.05) is 28.8 Å². The molecule has 0 aromatic carbocycles. The normalized spacial score (nSPS) is 24.3. The molecule has 0 saturated heterocycles. The average molecular weight is 324 g/mol. The molecule has 0 amide bonds. The Hall–Kier alpha value is -2.18. The highest BCUT2D eigenvalue weighted by atomic mass is 19.4.